The number of hydrogen-bond donors (Lipinski definition) is 1. The van der Waals surface area contributed by atoms with Crippen molar-refractivity contribution in [1.82, 2.24) is 15.3 Å². The van der Waals surface area contributed by atoms with Crippen LogP contribution in [0, 0.1) is 0 Å². The molecule has 1 unspecified atom stereocenters. The van der Waals surface area contributed by atoms with Crippen LogP contribution in [0.2, 0.25) is 0 Å². The molecule has 86 valence electrons. The zero-order valence-electron chi connectivity index (χ0n) is 9.50. The summed E-state index contributed by atoms with van der Waals surface area (Å²) in [6, 6.07) is 8.95. The first kappa shape index (κ1) is 11.3. The van der Waals surface area contributed by atoms with E-state index in [9.17, 15) is 4.79 Å². The number of nitrogens with zero attached hydrogens (tertiary/aromatic N) is 2. The molecule has 2 rings (SSSR count). The second kappa shape index (κ2) is 5.21. The molecule has 2 aromatic rings. The lowest BCUT2D eigenvalue weighted by atomic mass is 10.1. The lowest BCUT2D eigenvalue weighted by molar-refractivity contribution is 0.0935. The molecule has 0 aliphatic rings. The summed E-state index contributed by atoms with van der Waals surface area (Å²) in [7, 11) is 0. The molecule has 0 aliphatic heterocycles. The van der Waals surface area contributed by atoms with E-state index in [4.69, 9.17) is 0 Å². The quantitative estimate of drug-likeness (QED) is 0.872. The van der Waals surface area contributed by atoms with Gasteiger partial charge in [0.1, 0.15) is 5.69 Å². The van der Waals surface area contributed by atoms with Crippen molar-refractivity contribution in [3.63, 3.8) is 0 Å². The van der Waals surface area contributed by atoms with E-state index < -0.39 is 0 Å². The summed E-state index contributed by atoms with van der Waals surface area (Å²) < 4.78 is 0. The Labute approximate surface area is 99.7 Å². The molecule has 2 aromatic heterocycles. The predicted octanol–water partition coefficient (Wildman–Crippen LogP) is 1.97. The van der Waals surface area contributed by atoms with Crippen molar-refractivity contribution in [2.45, 2.75) is 13.0 Å². The van der Waals surface area contributed by atoms with Crippen molar-refractivity contribution in [2.75, 3.05) is 0 Å². The number of pyridine rings is 2. The van der Waals surface area contributed by atoms with E-state index in [-0.39, 0.29) is 11.9 Å². The monoisotopic (exact) mass is 227 g/mol. The highest BCUT2D eigenvalue weighted by Gasteiger charge is 2.11. The molecule has 2 heterocycles. The van der Waals surface area contributed by atoms with Crippen LogP contribution in [0.15, 0.2) is 48.9 Å². The highest BCUT2D eigenvalue weighted by Crippen LogP contribution is 2.10. The largest absolute Gasteiger partial charge is 0.344 e. The molecule has 1 atom stereocenters. The predicted molar refractivity (Wildman–Crippen MR) is 64.4 cm³/mol. The molecule has 0 bridgehead atoms. The van der Waals surface area contributed by atoms with Gasteiger partial charge in [0.05, 0.1) is 6.04 Å². The molecular weight excluding hydrogens is 214 g/mol. The minimum absolute atomic E-state index is 0.0625. The van der Waals surface area contributed by atoms with Gasteiger partial charge in [-0.15, -0.1) is 0 Å². The smallest absolute Gasteiger partial charge is 0.270 e. The highest BCUT2D eigenvalue weighted by atomic mass is 16.1. The van der Waals surface area contributed by atoms with Crippen LogP contribution in [0.1, 0.15) is 29.0 Å². The van der Waals surface area contributed by atoms with Gasteiger partial charge in [0.15, 0.2) is 0 Å². The number of hydrogen-bond acceptors (Lipinski definition) is 3. The van der Waals surface area contributed by atoms with E-state index in [1.165, 1.54) is 0 Å². The Bertz CT molecular complexity index is 485. The Kier molecular flexibility index (Phi) is 3.45. The molecule has 0 aromatic carbocycles. The zero-order valence-corrected chi connectivity index (χ0v) is 9.50. The molecule has 0 spiro atoms. The third-order valence-corrected chi connectivity index (χ3v) is 2.45. The van der Waals surface area contributed by atoms with Crippen molar-refractivity contribution in [1.29, 1.82) is 0 Å². The highest BCUT2D eigenvalue weighted by molar-refractivity contribution is 5.92. The van der Waals surface area contributed by atoms with Gasteiger partial charge in [-0.2, -0.15) is 0 Å². The Morgan fingerprint density at radius 2 is 1.94 bits per heavy atom. The third-order valence-electron chi connectivity index (χ3n) is 2.45. The Morgan fingerprint density at radius 1 is 1.18 bits per heavy atom. The fraction of sp³-hybridized carbons (Fsp3) is 0.154. The van der Waals surface area contributed by atoms with Crippen molar-refractivity contribution in [3.8, 4) is 0 Å². The van der Waals surface area contributed by atoms with Crippen molar-refractivity contribution >= 4 is 5.91 Å². The summed E-state index contributed by atoms with van der Waals surface area (Å²) in [6.45, 7) is 1.93. The van der Waals surface area contributed by atoms with Gasteiger partial charge in [0, 0.05) is 18.6 Å². The number of carbonyl (C=O) groups excluding carboxylic acids is 1. The Balaban J connectivity index is 2.05. The molecule has 4 heteroatoms. The maximum absolute atomic E-state index is 11.8. The molecule has 0 fully saturated rings. The Hall–Kier alpha value is -2.23. The first-order chi connectivity index (χ1) is 8.27. The first-order valence-corrected chi connectivity index (χ1v) is 5.39. The molecule has 0 saturated heterocycles. The van der Waals surface area contributed by atoms with Gasteiger partial charge in [-0.1, -0.05) is 6.07 Å². The molecule has 1 N–H and O–H groups in total. The maximum Gasteiger partial charge on any atom is 0.270 e. The molecule has 1 amide bonds. The van der Waals surface area contributed by atoms with Gasteiger partial charge in [-0.3, -0.25) is 14.8 Å². The van der Waals surface area contributed by atoms with Gasteiger partial charge in [0.2, 0.25) is 0 Å². The molecule has 0 saturated carbocycles. The van der Waals surface area contributed by atoms with Crippen LogP contribution >= 0.6 is 0 Å². The average molecular weight is 227 g/mol. The van der Waals surface area contributed by atoms with Crippen molar-refractivity contribution in [2.24, 2.45) is 0 Å². The van der Waals surface area contributed by atoms with Crippen LogP contribution in [0.5, 0.6) is 0 Å². The average Bonchev–Trinajstić information content (AvgIpc) is 2.40. The van der Waals surface area contributed by atoms with Gasteiger partial charge >= 0.3 is 0 Å². The fourth-order valence-corrected chi connectivity index (χ4v) is 1.50. The zero-order chi connectivity index (χ0) is 12.1. The number of aromatic nitrogens is 2. The van der Waals surface area contributed by atoms with Crippen LogP contribution in [0.25, 0.3) is 0 Å². The minimum atomic E-state index is -0.171. The van der Waals surface area contributed by atoms with Crippen LogP contribution in [0.4, 0.5) is 0 Å². The van der Waals surface area contributed by atoms with Crippen LogP contribution < -0.4 is 5.32 Å². The van der Waals surface area contributed by atoms with Crippen molar-refractivity contribution in [3.05, 3.63) is 60.2 Å². The van der Waals surface area contributed by atoms with Gasteiger partial charge in [-0.05, 0) is 36.8 Å². The van der Waals surface area contributed by atoms with E-state index >= 15 is 0 Å². The SMILES string of the molecule is CC(NC(=O)c1ccccn1)c1ccncc1. The molecule has 17 heavy (non-hydrogen) atoms. The number of carbonyl (C=O) groups is 1. The number of rotatable bonds is 3. The summed E-state index contributed by atoms with van der Waals surface area (Å²) in [5.74, 6) is -0.171. The van der Waals surface area contributed by atoms with E-state index in [1.54, 1.807) is 36.8 Å². The summed E-state index contributed by atoms with van der Waals surface area (Å²) in [4.78, 5) is 19.8. The second-order valence-electron chi connectivity index (χ2n) is 3.69. The molecule has 0 aliphatic carbocycles. The number of nitrogens with one attached hydrogen (secondary N) is 1. The second-order valence-corrected chi connectivity index (χ2v) is 3.69. The minimum Gasteiger partial charge on any atom is -0.344 e. The lowest BCUT2D eigenvalue weighted by Gasteiger charge is -2.13. The van der Waals surface area contributed by atoms with Crippen molar-refractivity contribution < 1.29 is 4.79 Å². The maximum atomic E-state index is 11.8. The Morgan fingerprint density at radius 3 is 2.59 bits per heavy atom. The third kappa shape index (κ3) is 2.87. The van der Waals surface area contributed by atoms with Gasteiger partial charge < -0.3 is 5.32 Å². The van der Waals surface area contributed by atoms with E-state index in [2.05, 4.69) is 15.3 Å². The molecule has 4 nitrogen and oxygen atoms in total. The van der Waals surface area contributed by atoms with Gasteiger partial charge in [-0.25, -0.2) is 0 Å². The standard InChI is InChI=1S/C13H13N3O/c1-10(11-5-8-14-9-6-11)16-13(17)12-4-2-3-7-15-12/h2-10H,1H3,(H,16,17). The molecule has 0 radical (unpaired) electrons. The van der Waals surface area contributed by atoms with E-state index in [1.807, 2.05) is 19.1 Å². The summed E-state index contributed by atoms with van der Waals surface area (Å²) in [5, 5.41) is 2.88. The lowest BCUT2D eigenvalue weighted by Crippen LogP contribution is -2.27. The van der Waals surface area contributed by atoms with E-state index in [0.717, 1.165) is 5.56 Å². The van der Waals surface area contributed by atoms with Gasteiger partial charge in [0.25, 0.3) is 5.91 Å². The molecular formula is C13H13N3O. The summed E-state index contributed by atoms with van der Waals surface area (Å²) in [6.07, 6.45) is 5.02. The summed E-state index contributed by atoms with van der Waals surface area (Å²) in [5.41, 5.74) is 1.44. The normalized spacial score (nSPS) is 11.8. The first-order valence-electron chi connectivity index (χ1n) is 5.39. The van der Waals surface area contributed by atoms with Crippen LogP contribution in [-0.4, -0.2) is 15.9 Å². The van der Waals surface area contributed by atoms with E-state index in [0.29, 0.717) is 5.69 Å². The van der Waals surface area contributed by atoms with Crippen LogP contribution in [0.3, 0.4) is 0 Å². The topological polar surface area (TPSA) is 54.9 Å². The number of amides is 1. The summed E-state index contributed by atoms with van der Waals surface area (Å²) >= 11 is 0. The van der Waals surface area contributed by atoms with Crippen LogP contribution in [-0.2, 0) is 0 Å². The fourth-order valence-electron chi connectivity index (χ4n) is 1.50.